The van der Waals surface area contributed by atoms with Gasteiger partial charge in [-0.2, -0.15) is 0 Å². The Morgan fingerprint density at radius 1 is 1.25 bits per heavy atom. The van der Waals surface area contributed by atoms with E-state index in [2.05, 4.69) is 4.90 Å². The molecule has 0 spiro atoms. The lowest BCUT2D eigenvalue weighted by atomic mass is 10.1. The Morgan fingerprint density at radius 2 is 2.00 bits per heavy atom. The van der Waals surface area contributed by atoms with Crippen molar-refractivity contribution in [3.8, 4) is 5.75 Å². The number of methoxy groups -OCH3 is 1. The highest BCUT2D eigenvalue weighted by Crippen LogP contribution is 2.19. The van der Waals surface area contributed by atoms with Crippen molar-refractivity contribution < 1.29 is 14.3 Å². The Labute approximate surface area is 120 Å². The molecule has 1 aliphatic rings. The van der Waals surface area contributed by atoms with Crippen LogP contribution in [0.4, 0.5) is 0 Å². The van der Waals surface area contributed by atoms with Crippen LogP contribution in [-0.2, 0) is 4.74 Å². The standard InChI is InChI=1S/C16H23NO3/c1-13-12-14(16(18)19-2)6-7-15(13)20-11-10-17-8-4-3-5-9-17/h6-7,12H,3-5,8-11H2,1-2H3. The van der Waals surface area contributed by atoms with E-state index >= 15 is 0 Å². The van der Waals surface area contributed by atoms with Crippen LogP contribution in [0.3, 0.4) is 0 Å². The molecule has 1 aliphatic heterocycles. The van der Waals surface area contributed by atoms with Crippen LogP contribution in [0.1, 0.15) is 35.2 Å². The highest BCUT2D eigenvalue weighted by atomic mass is 16.5. The topological polar surface area (TPSA) is 38.8 Å². The van der Waals surface area contributed by atoms with Crippen LogP contribution in [0.25, 0.3) is 0 Å². The SMILES string of the molecule is COC(=O)c1ccc(OCCN2CCCCC2)c(C)c1. The van der Waals surface area contributed by atoms with Gasteiger partial charge in [-0.1, -0.05) is 6.42 Å². The van der Waals surface area contributed by atoms with E-state index in [0.29, 0.717) is 12.2 Å². The Kier molecular flexibility index (Phi) is 5.41. The molecule has 4 nitrogen and oxygen atoms in total. The molecular formula is C16H23NO3. The minimum absolute atomic E-state index is 0.312. The minimum Gasteiger partial charge on any atom is -0.492 e. The lowest BCUT2D eigenvalue weighted by Crippen LogP contribution is -2.33. The normalized spacial score (nSPS) is 15.9. The fourth-order valence-corrected chi connectivity index (χ4v) is 2.52. The van der Waals surface area contributed by atoms with Crippen LogP contribution in [0.2, 0.25) is 0 Å². The zero-order valence-electron chi connectivity index (χ0n) is 12.4. The summed E-state index contributed by atoms with van der Waals surface area (Å²) in [7, 11) is 1.39. The number of carbonyl (C=O) groups is 1. The van der Waals surface area contributed by atoms with E-state index in [9.17, 15) is 4.79 Å². The molecule has 0 amide bonds. The van der Waals surface area contributed by atoms with Crippen molar-refractivity contribution in [2.75, 3.05) is 33.4 Å². The number of nitrogens with zero attached hydrogens (tertiary/aromatic N) is 1. The number of hydrogen-bond acceptors (Lipinski definition) is 4. The van der Waals surface area contributed by atoms with Crippen molar-refractivity contribution in [1.29, 1.82) is 0 Å². The smallest absolute Gasteiger partial charge is 0.337 e. The fourth-order valence-electron chi connectivity index (χ4n) is 2.52. The number of ether oxygens (including phenoxy) is 2. The molecule has 0 bridgehead atoms. The molecule has 1 saturated heterocycles. The molecule has 1 fully saturated rings. The maximum Gasteiger partial charge on any atom is 0.337 e. The van der Waals surface area contributed by atoms with Gasteiger partial charge < -0.3 is 9.47 Å². The second-order valence-electron chi connectivity index (χ2n) is 5.22. The molecule has 1 heterocycles. The Bertz CT molecular complexity index is 453. The number of piperidine rings is 1. The quantitative estimate of drug-likeness (QED) is 0.776. The van der Waals surface area contributed by atoms with Crippen molar-refractivity contribution in [3.05, 3.63) is 29.3 Å². The minimum atomic E-state index is -0.312. The molecule has 0 radical (unpaired) electrons. The first kappa shape index (κ1) is 14.9. The van der Waals surface area contributed by atoms with Gasteiger partial charge in [0.25, 0.3) is 0 Å². The van der Waals surface area contributed by atoms with Gasteiger partial charge in [0.1, 0.15) is 12.4 Å². The molecule has 1 aromatic rings. The molecule has 0 aliphatic carbocycles. The van der Waals surface area contributed by atoms with Gasteiger partial charge in [-0.3, -0.25) is 4.90 Å². The third-order valence-electron chi connectivity index (χ3n) is 3.71. The van der Waals surface area contributed by atoms with E-state index in [4.69, 9.17) is 9.47 Å². The van der Waals surface area contributed by atoms with E-state index < -0.39 is 0 Å². The van der Waals surface area contributed by atoms with Crippen LogP contribution < -0.4 is 4.74 Å². The third kappa shape index (κ3) is 3.97. The maximum absolute atomic E-state index is 11.4. The van der Waals surface area contributed by atoms with Gasteiger partial charge >= 0.3 is 5.97 Å². The van der Waals surface area contributed by atoms with Crippen LogP contribution in [0, 0.1) is 6.92 Å². The molecule has 0 saturated carbocycles. The van der Waals surface area contributed by atoms with Crippen molar-refractivity contribution in [1.82, 2.24) is 4.90 Å². The molecule has 1 aromatic carbocycles. The van der Waals surface area contributed by atoms with Crippen LogP contribution in [0.5, 0.6) is 5.75 Å². The number of aryl methyl sites for hydroxylation is 1. The predicted molar refractivity (Wildman–Crippen MR) is 78.3 cm³/mol. The summed E-state index contributed by atoms with van der Waals surface area (Å²) in [4.78, 5) is 13.9. The fraction of sp³-hybridized carbons (Fsp3) is 0.562. The first-order valence-corrected chi connectivity index (χ1v) is 7.25. The third-order valence-corrected chi connectivity index (χ3v) is 3.71. The second kappa shape index (κ2) is 7.29. The van der Waals surface area contributed by atoms with Gasteiger partial charge in [-0.25, -0.2) is 4.79 Å². The monoisotopic (exact) mass is 277 g/mol. The first-order valence-electron chi connectivity index (χ1n) is 7.25. The number of esters is 1. The molecule has 0 unspecified atom stereocenters. The van der Waals surface area contributed by atoms with Gasteiger partial charge in [0.15, 0.2) is 0 Å². The van der Waals surface area contributed by atoms with Crippen molar-refractivity contribution in [2.45, 2.75) is 26.2 Å². The summed E-state index contributed by atoms with van der Waals surface area (Å²) in [5.74, 6) is 0.530. The zero-order valence-corrected chi connectivity index (χ0v) is 12.4. The summed E-state index contributed by atoms with van der Waals surface area (Å²) in [5.41, 5.74) is 1.53. The lowest BCUT2D eigenvalue weighted by Gasteiger charge is -2.26. The molecule has 4 heteroatoms. The molecule has 0 N–H and O–H groups in total. The van der Waals surface area contributed by atoms with E-state index in [0.717, 1.165) is 17.9 Å². The van der Waals surface area contributed by atoms with Crippen molar-refractivity contribution >= 4 is 5.97 Å². The number of rotatable bonds is 5. The molecule has 0 aromatic heterocycles. The summed E-state index contributed by atoms with van der Waals surface area (Å²) >= 11 is 0. The zero-order chi connectivity index (χ0) is 14.4. The van der Waals surface area contributed by atoms with Gasteiger partial charge in [-0.05, 0) is 56.6 Å². The van der Waals surface area contributed by atoms with Crippen molar-refractivity contribution in [2.24, 2.45) is 0 Å². The number of benzene rings is 1. The number of hydrogen-bond donors (Lipinski definition) is 0. The number of likely N-dealkylation sites (tertiary alicyclic amines) is 1. The van der Waals surface area contributed by atoms with E-state index in [1.165, 1.54) is 39.5 Å². The Morgan fingerprint density at radius 3 is 2.65 bits per heavy atom. The first-order chi connectivity index (χ1) is 9.70. The maximum atomic E-state index is 11.4. The highest BCUT2D eigenvalue weighted by molar-refractivity contribution is 5.89. The highest BCUT2D eigenvalue weighted by Gasteiger charge is 2.11. The summed E-state index contributed by atoms with van der Waals surface area (Å²) < 4.78 is 10.5. The van der Waals surface area contributed by atoms with E-state index in [1.54, 1.807) is 6.07 Å². The summed E-state index contributed by atoms with van der Waals surface area (Å²) in [6.07, 6.45) is 3.95. The molecule has 20 heavy (non-hydrogen) atoms. The van der Waals surface area contributed by atoms with Crippen LogP contribution >= 0.6 is 0 Å². The lowest BCUT2D eigenvalue weighted by molar-refractivity contribution is 0.0600. The average Bonchev–Trinajstić information content (AvgIpc) is 2.49. The van der Waals surface area contributed by atoms with Gasteiger partial charge in [0.2, 0.25) is 0 Å². The molecule has 0 atom stereocenters. The largest absolute Gasteiger partial charge is 0.492 e. The van der Waals surface area contributed by atoms with E-state index in [-0.39, 0.29) is 5.97 Å². The number of carbonyl (C=O) groups excluding carboxylic acids is 1. The average molecular weight is 277 g/mol. The predicted octanol–water partition coefficient (Wildman–Crippen LogP) is 2.65. The Balaban J connectivity index is 1.84. The Hall–Kier alpha value is -1.55. The summed E-state index contributed by atoms with van der Waals surface area (Å²) in [6, 6.07) is 5.40. The van der Waals surface area contributed by atoms with Crippen LogP contribution in [0.15, 0.2) is 18.2 Å². The van der Waals surface area contributed by atoms with Crippen molar-refractivity contribution in [3.63, 3.8) is 0 Å². The van der Waals surface area contributed by atoms with Gasteiger partial charge in [0.05, 0.1) is 12.7 Å². The molecule has 2 rings (SSSR count). The van der Waals surface area contributed by atoms with E-state index in [1.807, 2.05) is 19.1 Å². The van der Waals surface area contributed by atoms with Gasteiger partial charge in [0, 0.05) is 6.54 Å². The molecule has 110 valence electrons. The molecular weight excluding hydrogens is 254 g/mol. The summed E-state index contributed by atoms with van der Waals surface area (Å²) in [5, 5.41) is 0. The van der Waals surface area contributed by atoms with Gasteiger partial charge in [-0.15, -0.1) is 0 Å². The van der Waals surface area contributed by atoms with Crippen LogP contribution in [-0.4, -0.2) is 44.2 Å². The summed E-state index contributed by atoms with van der Waals surface area (Å²) in [6.45, 7) is 5.98. The second-order valence-corrected chi connectivity index (χ2v) is 5.22.